The number of hydrogen-bond donors (Lipinski definition) is 0. The molecule has 0 unspecified atom stereocenters. The van der Waals surface area contributed by atoms with Crippen LogP contribution in [0.1, 0.15) is 28.4 Å². The fourth-order valence-electron chi connectivity index (χ4n) is 3.60. The lowest BCUT2D eigenvalue weighted by molar-refractivity contribution is 0.0645. The van der Waals surface area contributed by atoms with E-state index in [9.17, 15) is 4.79 Å². The van der Waals surface area contributed by atoms with Gasteiger partial charge in [-0.25, -0.2) is 9.50 Å². The van der Waals surface area contributed by atoms with E-state index < -0.39 is 0 Å². The quantitative estimate of drug-likeness (QED) is 0.718. The summed E-state index contributed by atoms with van der Waals surface area (Å²) in [7, 11) is 0. The van der Waals surface area contributed by atoms with Gasteiger partial charge in [-0.3, -0.25) is 4.79 Å². The molecule has 2 aromatic heterocycles. The van der Waals surface area contributed by atoms with Crippen LogP contribution in [0.2, 0.25) is 0 Å². The number of carbonyl (C=O) groups excluding carboxylic acids is 1. The van der Waals surface area contributed by atoms with Crippen LogP contribution in [0, 0.1) is 13.8 Å². The van der Waals surface area contributed by atoms with Gasteiger partial charge < -0.3 is 9.80 Å². The summed E-state index contributed by atoms with van der Waals surface area (Å²) in [6.07, 6.45) is 3.41. The van der Waals surface area contributed by atoms with E-state index in [4.69, 9.17) is 0 Å². The third-order valence-corrected chi connectivity index (χ3v) is 5.54. The number of aryl methyl sites for hydroxylation is 2. The lowest BCUT2D eigenvalue weighted by Gasteiger charge is -2.33. The first kappa shape index (κ1) is 17.7. The number of nitrogens with zero attached hydrogens (tertiary/aromatic N) is 5. The molecule has 6 heteroatoms. The molecule has 1 aliphatic heterocycles. The van der Waals surface area contributed by atoms with Gasteiger partial charge in [0.15, 0.2) is 5.65 Å². The van der Waals surface area contributed by atoms with Crippen LogP contribution in [0.4, 0.5) is 0 Å². The molecule has 1 fully saturated rings. The van der Waals surface area contributed by atoms with Crippen molar-refractivity contribution >= 4 is 11.6 Å². The highest BCUT2D eigenvalue weighted by Gasteiger charge is 2.25. The monoisotopic (exact) mass is 363 g/mol. The molecule has 0 atom stereocenters. The third kappa shape index (κ3) is 3.21. The maximum Gasteiger partial charge on any atom is 0.259 e. The van der Waals surface area contributed by atoms with Crippen LogP contribution in [-0.4, -0.2) is 63.0 Å². The fourth-order valence-corrected chi connectivity index (χ4v) is 3.60. The molecule has 27 heavy (non-hydrogen) atoms. The Hall–Kier alpha value is -2.73. The first-order valence-corrected chi connectivity index (χ1v) is 9.50. The number of hydrogen-bond acceptors (Lipinski definition) is 4. The Morgan fingerprint density at radius 1 is 1.07 bits per heavy atom. The first-order valence-electron chi connectivity index (χ1n) is 9.50. The topological polar surface area (TPSA) is 53.7 Å². The molecule has 0 bridgehead atoms. The van der Waals surface area contributed by atoms with Crippen molar-refractivity contribution in [2.45, 2.75) is 20.8 Å². The maximum absolute atomic E-state index is 13.0. The van der Waals surface area contributed by atoms with Crippen molar-refractivity contribution in [1.82, 2.24) is 24.4 Å². The van der Waals surface area contributed by atoms with Crippen molar-refractivity contribution in [3.05, 3.63) is 53.3 Å². The van der Waals surface area contributed by atoms with E-state index in [1.54, 1.807) is 16.9 Å². The largest absolute Gasteiger partial charge is 0.336 e. The van der Waals surface area contributed by atoms with E-state index in [1.807, 2.05) is 11.0 Å². The van der Waals surface area contributed by atoms with E-state index in [0.29, 0.717) is 11.2 Å². The maximum atomic E-state index is 13.0. The van der Waals surface area contributed by atoms with Gasteiger partial charge in [-0.1, -0.05) is 19.1 Å². The van der Waals surface area contributed by atoms with Crippen LogP contribution in [0.15, 0.2) is 36.7 Å². The lowest BCUT2D eigenvalue weighted by atomic mass is 10.0. The Morgan fingerprint density at radius 2 is 1.85 bits per heavy atom. The van der Waals surface area contributed by atoms with Gasteiger partial charge in [0.2, 0.25) is 0 Å². The molecule has 0 spiro atoms. The average molecular weight is 363 g/mol. The summed E-state index contributed by atoms with van der Waals surface area (Å²) in [5, 5.41) is 4.49. The number of amides is 1. The molecule has 0 radical (unpaired) electrons. The number of aromatic nitrogens is 3. The smallest absolute Gasteiger partial charge is 0.259 e. The Labute approximate surface area is 159 Å². The third-order valence-electron chi connectivity index (χ3n) is 5.54. The van der Waals surface area contributed by atoms with Crippen molar-refractivity contribution in [3.8, 4) is 11.3 Å². The van der Waals surface area contributed by atoms with Crippen molar-refractivity contribution in [2.24, 2.45) is 0 Å². The molecular formula is C21H25N5O. The van der Waals surface area contributed by atoms with Crippen LogP contribution < -0.4 is 0 Å². The molecule has 1 amide bonds. The summed E-state index contributed by atoms with van der Waals surface area (Å²) in [5.74, 6) is 0.0190. The van der Waals surface area contributed by atoms with Gasteiger partial charge in [0.25, 0.3) is 5.91 Å². The summed E-state index contributed by atoms with van der Waals surface area (Å²) in [4.78, 5) is 21.8. The lowest BCUT2D eigenvalue weighted by Crippen LogP contribution is -2.48. The molecule has 1 aromatic carbocycles. The second-order valence-corrected chi connectivity index (χ2v) is 7.15. The van der Waals surface area contributed by atoms with Gasteiger partial charge in [-0.2, -0.15) is 5.10 Å². The van der Waals surface area contributed by atoms with E-state index >= 15 is 0 Å². The molecule has 0 aliphatic carbocycles. The fraction of sp³-hybridized carbons (Fsp3) is 0.381. The zero-order valence-electron chi connectivity index (χ0n) is 16.1. The number of carbonyl (C=O) groups is 1. The SMILES string of the molecule is CCN1CCN(C(=O)c2cnn3c(-c4ccc(C)c(C)c4)ccnc23)CC1. The minimum absolute atomic E-state index is 0.0190. The molecule has 4 rings (SSSR count). The van der Waals surface area contributed by atoms with E-state index in [2.05, 4.69) is 54.0 Å². The van der Waals surface area contributed by atoms with E-state index in [1.165, 1.54) is 11.1 Å². The highest BCUT2D eigenvalue weighted by Crippen LogP contribution is 2.24. The average Bonchev–Trinajstić information content (AvgIpc) is 3.14. The standard InChI is InChI=1S/C21H25N5O/c1-4-24-9-11-25(12-10-24)21(27)18-14-23-26-19(7-8-22-20(18)26)17-6-5-15(2)16(3)13-17/h5-8,13-14H,4,9-12H2,1-3H3. The number of piperazine rings is 1. The number of likely N-dealkylation sites (N-methyl/N-ethyl adjacent to an activating group) is 1. The molecule has 6 nitrogen and oxygen atoms in total. The van der Waals surface area contributed by atoms with Gasteiger partial charge >= 0.3 is 0 Å². The van der Waals surface area contributed by atoms with Gasteiger partial charge in [-0.15, -0.1) is 0 Å². The second kappa shape index (κ2) is 7.12. The van der Waals surface area contributed by atoms with Crippen LogP contribution in [0.3, 0.4) is 0 Å². The van der Waals surface area contributed by atoms with Gasteiger partial charge in [-0.05, 0) is 43.7 Å². The summed E-state index contributed by atoms with van der Waals surface area (Å²) < 4.78 is 1.78. The molecule has 3 heterocycles. The summed E-state index contributed by atoms with van der Waals surface area (Å²) >= 11 is 0. The van der Waals surface area contributed by atoms with Gasteiger partial charge in [0.1, 0.15) is 5.56 Å². The van der Waals surface area contributed by atoms with Crippen LogP contribution in [-0.2, 0) is 0 Å². The Balaban J connectivity index is 1.68. The Morgan fingerprint density at radius 3 is 2.56 bits per heavy atom. The minimum Gasteiger partial charge on any atom is -0.336 e. The molecule has 1 aliphatic rings. The van der Waals surface area contributed by atoms with Gasteiger partial charge in [0.05, 0.1) is 11.9 Å². The van der Waals surface area contributed by atoms with Gasteiger partial charge in [0, 0.05) is 37.9 Å². The Bertz CT molecular complexity index is 985. The van der Waals surface area contributed by atoms with Crippen LogP contribution >= 0.6 is 0 Å². The highest BCUT2D eigenvalue weighted by molar-refractivity contribution is 6.00. The number of fused-ring (bicyclic) bond motifs is 1. The van der Waals surface area contributed by atoms with Crippen molar-refractivity contribution in [3.63, 3.8) is 0 Å². The van der Waals surface area contributed by atoms with Crippen molar-refractivity contribution in [2.75, 3.05) is 32.7 Å². The van der Waals surface area contributed by atoms with Crippen molar-refractivity contribution in [1.29, 1.82) is 0 Å². The summed E-state index contributed by atoms with van der Waals surface area (Å²) in [6, 6.07) is 8.29. The second-order valence-electron chi connectivity index (χ2n) is 7.15. The highest BCUT2D eigenvalue weighted by atomic mass is 16.2. The zero-order chi connectivity index (χ0) is 19.0. The van der Waals surface area contributed by atoms with Crippen LogP contribution in [0.25, 0.3) is 16.9 Å². The molecule has 0 N–H and O–H groups in total. The molecule has 0 saturated carbocycles. The Kier molecular flexibility index (Phi) is 4.66. The first-order chi connectivity index (χ1) is 13.1. The predicted octanol–water partition coefficient (Wildman–Crippen LogP) is 2.79. The van der Waals surface area contributed by atoms with Crippen molar-refractivity contribution < 1.29 is 4.79 Å². The summed E-state index contributed by atoms with van der Waals surface area (Å²) in [6.45, 7) is 10.7. The number of benzene rings is 1. The predicted molar refractivity (Wildman–Crippen MR) is 106 cm³/mol. The minimum atomic E-state index is 0.0190. The summed E-state index contributed by atoms with van der Waals surface area (Å²) in [5.41, 5.74) is 5.70. The molecule has 1 saturated heterocycles. The van der Waals surface area contributed by atoms with E-state index in [-0.39, 0.29) is 5.91 Å². The molecule has 3 aromatic rings. The molecule has 140 valence electrons. The number of rotatable bonds is 3. The van der Waals surface area contributed by atoms with Crippen LogP contribution in [0.5, 0.6) is 0 Å². The van der Waals surface area contributed by atoms with E-state index in [0.717, 1.165) is 44.0 Å². The normalized spacial score (nSPS) is 15.4. The zero-order valence-corrected chi connectivity index (χ0v) is 16.1. The molecular weight excluding hydrogens is 338 g/mol.